The molecule has 0 bridgehead atoms. The molecule has 1 heterocycles. The fraction of sp³-hybridized carbons (Fsp3) is 0.222. The van der Waals surface area contributed by atoms with Crippen LogP contribution in [0.25, 0.3) is 0 Å². The third-order valence-electron chi connectivity index (χ3n) is 4.14. The monoisotopic (exact) mass is 436 g/mol. The number of aliphatic hydroxyl groups excluding tert-OH is 1. The summed E-state index contributed by atoms with van der Waals surface area (Å²) in [6, 6.07) is 7.93. The van der Waals surface area contributed by atoms with Crippen molar-refractivity contribution < 1.29 is 45.7 Å². The molecular weight excluding hydrogens is 425 g/mol. The SMILES string of the molecule is OC1=NN=C(c2ccc(OC(F)(F)[C@@H](F)C(F)(F)F)cc2)C1(O)c1ccc(F)cc1. The predicted octanol–water partition coefficient (Wildman–Crippen LogP) is 4.26. The highest BCUT2D eigenvalue weighted by molar-refractivity contribution is 6.21. The zero-order chi connectivity index (χ0) is 22.3. The van der Waals surface area contributed by atoms with E-state index in [4.69, 9.17) is 0 Å². The molecule has 1 aliphatic rings. The molecule has 2 aromatic rings. The van der Waals surface area contributed by atoms with Crippen molar-refractivity contribution in [3.8, 4) is 5.75 Å². The molecule has 160 valence electrons. The fourth-order valence-corrected chi connectivity index (χ4v) is 2.65. The topological polar surface area (TPSA) is 74.4 Å². The summed E-state index contributed by atoms with van der Waals surface area (Å²) in [6.07, 6.45) is -15.6. The Bertz CT molecular complexity index is 988. The quantitative estimate of drug-likeness (QED) is 0.688. The number of ether oxygens (including phenoxy) is 1. The average molecular weight is 436 g/mol. The Morgan fingerprint density at radius 2 is 1.47 bits per heavy atom. The summed E-state index contributed by atoms with van der Waals surface area (Å²) in [5.41, 5.74) is -2.57. The number of rotatable bonds is 5. The molecule has 12 heteroatoms. The molecular formula is C18H11F7N2O3. The molecule has 2 atom stereocenters. The van der Waals surface area contributed by atoms with Gasteiger partial charge in [-0.3, -0.25) is 0 Å². The van der Waals surface area contributed by atoms with Crippen LogP contribution in [0, 0.1) is 5.82 Å². The molecule has 2 N–H and O–H groups in total. The normalized spacial score (nSPS) is 20.5. The lowest BCUT2D eigenvalue weighted by Gasteiger charge is -2.25. The molecule has 0 fully saturated rings. The van der Waals surface area contributed by atoms with Gasteiger partial charge in [0, 0.05) is 5.56 Å². The summed E-state index contributed by atoms with van der Waals surface area (Å²) in [7, 11) is 0. The van der Waals surface area contributed by atoms with E-state index in [9.17, 15) is 40.9 Å². The highest BCUT2D eigenvalue weighted by Crippen LogP contribution is 2.37. The summed E-state index contributed by atoms with van der Waals surface area (Å²) in [5, 5.41) is 27.8. The second-order valence-corrected chi connectivity index (χ2v) is 6.18. The summed E-state index contributed by atoms with van der Waals surface area (Å²) >= 11 is 0. The van der Waals surface area contributed by atoms with Crippen LogP contribution in [0.5, 0.6) is 5.75 Å². The van der Waals surface area contributed by atoms with E-state index < -0.39 is 41.5 Å². The van der Waals surface area contributed by atoms with Gasteiger partial charge in [0.05, 0.1) is 0 Å². The van der Waals surface area contributed by atoms with Gasteiger partial charge >= 0.3 is 12.3 Å². The molecule has 0 aromatic heterocycles. The van der Waals surface area contributed by atoms with Crippen molar-refractivity contribution in [2.45, 2.75) is 24.1 Å². The maximum atomic E-state index is 13.4. The van der Waals surface area contributed by atoms with Crippen LogP contribution in [-0.4, -0.2) is 40.3 Å². The molecule has 1 aliphatic heterocycles. The van der Waals surface area contributed by atoms with E-state index in [1.165, 1.54) is 0 Å². The first-order valence-corrected chi connectivity index (χ1v) is 8.07. The second kappa shape index (κ2) is 7.27. The van der Waals surface area contributed by atoms with Gasteiger partial charge in [0.25, 0.3) is 6.17 Å². The fourth-order valence-electron chi connectivity index (χ4n) is 2.65. The Morgan fingerprint density at radius 1 is 0.900 bits per heavy atom. The summed E-state index contributed by atoms with van der Waals surface area (Å²) in [5.74, 6) is -2.27. The van der Waals surface area contributed by atoms with Gasteiger partial charge < -0.3 is 14.9 Å². The number of nitrogens with zero attached hydrogens (tertiary/aromatic N) is 2. The predicted molar refractivity (Wildman–Crippen MR) is 89.9 cm³/mol. The Balaban J connectivity index is 1.86. The number of hydrogen-bond donors (Lipinski definition) is 2. The van der Waals surface area contributed by atoms with Crippen LogP contribution in [0.2, 0.25) is 0 Å². The van der Waals surface area contributed by atoms with E-state index in [0.717, 1.165) is 48.5 Å². The van der Waals surface area contributed by atoms with Gasteiger partial charge in [-0.25, -0.2) is 8.78 Å². The third-order valence-corrected chi connectivity index (χ3v) is 4.14. The largest absolute Gasteiger partial charge is 0.493 e. The molecule has 0 saturated heterocycles. The van der Waals surface area contributed by atoms with Crippen LogP contribution >= 0.6 is 0 Å². The minimum absolute atomic E-state index is 0.0120. The van der Waals surface area contributed by atoms with Gasteiger partial charge in [0.2, 0.25) is 11.5 Å². The Hall–Kier alpha value is -3.15. The molecule has 0 saturated carbocycles. The molecule has 30 heavy (non-hydrogen) atoms. The van der Waals surface area contributed by atoms with E-state index in [1.807, 2.05) is 0 Å². The third kappa shape index (κ3) is 3.82. The van der Waals surface area contributed by atoms with Crippen LogP contribution in [-0.2, 0) is 5.60 Å². The Kier molecular flexibility index (Phi) is 5.23. The van der Waals surface area contributed by atoms with Gasteiger partial charge in [-0.1, -0.05) is 12.1 Å². The molecule has 2 aromatic carbocycles. The van der Waals surface area contributed by atoms with E-state index in [1.54, 1.807) is 0 Å². The van der Waals surface area contributed by atoms with Gasteiger partial charge in [-0.05, 0) is 42.0 Å². The second-order valence-electron chi connectivity index (χ2n) is 6.18. The molecule has 0 amide bonds. The van der Waals surface area contributed by atoms with Crippen LogP contribution in [0.15, 0.2) is 58.7 Å². The van der Waals surface area contributed by atoms with Gasteiger partial charge in [0.1, 0.15) is 17.3 Å². The summed E-state index contributed by atoms with van der Waals surface area (Å²) in [4.78, 5) is 0. The maximum absolute atomic E-state index is 13.4. The van der Waals surface area contributed by atoms with Crippen LogP contribution < -0.4 is 4.74 Å². The number of hydrogen-bond acceptors (Lipinski definition) is 4. The first-order chi connectivity index (χ1) is 13.9. The van der Waals surface area contributed by atoms with Crippen molar-refractivity contribution in [3.05, 3.63) is 65.5 Å². The maximum Gasteiger partial charge on any atom is 0.439 e. The van der Waals surface area contributed by atoms with E-state index >= 15 is 0 Å². The number of benzene rings is 2. The average Bonchev–Trinajstić information content (AvgIpc) is 2.97. The summed E-state index contributed by atoms with van der Waals surface area (Å²) in [6.45, 7) is 0. The molecule has 0 spiro atoms. The van der Waals surface area contributed by atoms with E-state index in [-0.39, 0.29) is 16.8 Å². The van der Waals surface area contributed by atoms with Gasteiger partial charge in [0.15, 0.2) is 0 Å². The lowest BCUT2D eigenvalue weighted by molar-refractivity contribution is -0.304. The number of alkyl halides is 6. The van der Waals surface area contributed by atoms with Crippen molar-refractivity contribution >= 4 is 11.6 Å². The number of halogens is 7. The molecule has 0 radical (unpaired) electrons. The highest BCUT2D eigenvalue weighted by atomic mass is 19.4. The highest BCUT2D eigenvalue weighted by Gasteiger charge is 2.59. The molecule has 1 unspecified atom stereocenters. The first kappa shape index (κ1) is 21.6. The Morgan fingerprint density at radius 3 is 2.00 bits per heavy atom. The zero-order valence-corrected chi connectivity index (χ0v) is 14.5. The van der Waals surface area contributed by atoms with Crippen molar-refractivity contribution in [2.24, 2.45) is 10.2 Å². The molecule has 3 rings (SSSR count). The lowest BCUT2D eigenvalue weighted by atomic mass is 9.85. The smallest absolute Gasteiger partial charge is 0.439 e. The van der Waals surface area contributed by atoms with E-state index in [0.29, 0.717) is 0 Å². The summed E-state index contributed by atoms with van der Waals surface area (Å²) < 4.78 is 93.2. The van der Waals surface area contributed by atoms with Crippen molar-refractivity contribution in [3.63, 3.8) is 0 Å². The standard InChI is InChI=1S/C18H11F7N2O3/c19-11-5-3-10(4-6-11)16(29)13(26-27-15(16)28)9-1-7-12(8-2-9)30-18(24,25)14(20)17(21,22)23/h1-8,14,29H,(H,27,28)/t14-,16?/m0/s1. The van der Waals surface area contributed by atoms with Crippen molar-refractivity contribution in [1.29, 1.82) is 0 Å². The van der Waals surface area contributed by atoms with Gasteiger partial charge in [-0.2, -0.15) is 22.0 Å². The van der Waals surface area contributed by atoms with E-state index in [2.05, 4.69) is 14.9 Å². The van der Waals surface area contributed by atoms with Crippen LogP contribution in [0.4, 0.5) is 30.7 Å². The zero-order valence-electron chi connectivity index (χ0n) is 14.5. The molecule has 5 nitrogen and oxygen atoms in total. The molecule has 0 aliphatic carbocycles. The van der Waals surface area contributed by atoms with Crippen molar-refractivity contribution in [2.75, 3.05) is 0 Å². The minimum Gasteiger partial charge on any atom is -0.493 e. The van der Waals surface area contributed by atoms with Crippen LogP contribution in [0.1, 0.15) is 11.1 Å². The van der Waals surface area contributed by atoms with Crippen LogP contribution in [0.3, 0.4) is 0 Å². The minimum atomic E-state index is -5.83. The first-order valence-electron chi connectivity index (χ1n) is 8.07. The Labute approximate surface area is 163 Å². The van der Waals surface area contributed by atoms with Crippen molar-refractivity contribution in [1.82, 2.24) is 0 Å². The number of aliphatic hydroxyl groups is 2. The lowest BCUT2D eigenvalue weighted by Crippen LogP contribution is -2.45. The van der Waals surface area contributed by atoms with Gasteiger partial charge in [-0.15, -0.1) is 10.2 Å².